The Balaban J connectivity index is 2.32. The standard InChI is InChI=1S/C10H12BrNO2S/c1-8-2-6-10(7-3-8)15(13,14)12(11)9-4-5-9/h2-3,6-7,9H,4-5H2,1H3. The molecular weight excluding hydrogens is 278 g/mol. The van der Waals surface area contributed by atoms with Crippen molar-refractivity contribution in [2.75, 3.05) is 0 Å². The minimum atomic E-state index is -3.34. The van der Waals surface area contributed by atoms with Crippen molar-refractivity contribution in [3.05, 3.63) is 29.8 Å². The first kappa shape index (κ1) is 11.1. The third-order valence-corrected chi connectivity index (χ3v) is 5.73. The van der Waals surface area contributed by atoms with Crippen LogP contribution >= 0.6 is 16.1 Å². The molecule has 1 fully saturated rings. The summed E-state index contributed by atoms with van der Waals surface area (Å²) >= 11 is 3.13. The highest BCUT2D eigenvalue weighted by Crippen LogP contribution is 2.34. The summed E-state index contributed by atoms with van der Waals surface area (Å²) in [7, 11) is -3.34. The van der Waals surface area contributed by atoms with E-state index in [1.54, 1.807) is 24.3 Å². The molecule has 3 nitrogen and oxygen atoms in total. The van der Waals surface area contributed by atoms with Gasteiger partial charge in [0.2, 0.25) is 0 Å². The molecule has 0 atom stereocenters. The molecule has 1 aromatic carbocycles. The lowest BCUT2D eigenvalue weighted by molar-refractivity contribution is 0.544. The third-order valence-electron chi connectivity index (χ3n) is 2.38. The highest BCUT2D eigenvalue weighted by atomic mass is 79.9. The monoisotopic (exact) mass is 289 g/mol. The highest BCUT2D eigenvalue weighted by Gasteiger charge is 2.36. The molecule has 0 aliphatic heterocycles. The van der Waals surface area contributed by atoms with E-state index in [1.165, 1.54) is 3.33 Å². The normalized spacial score (nSPS) is 17.0. The van der Waals surface area contributed by atoms with E-state index >= 15 is 0 Å². The second-order valence-corrected chi connectivity index (χ2v) is 6.84. The Labute approximate surface area is 98.5 Å². The second kappa shape index (κ2) is 3.88. The fourth-order valence-corrected chi connectivity index (χ4v) is 3.48. The molecule has 0 saturated heterocycles. The van der Waals surface area contributed by atoms with E-state index in [4.69, 9.17) is 0 Å². The van der Waals surface area contributed by atoms with E-state index in [0.717, 1.165) is 18.4 Å². The average Bonchev–Trinajstić information content (AvgIpc) is 3.00. The lowest BCUT2D eigenvalue weighted by atomic mass is 10.2. The Morgan fingerprint density at radius 2 is 1.80 bits per heavy atom. The molecule has 0 amide bonds. The van der Waals surface area contributed by atoms with Crippen molar-refractivity contribution in [1.82, 2.24) is 3.33 Å². The van der Waals surface area contributed by atoms with Crippen LogP contribution in [-0.4, -0.2) is 17.8 Å². The Morgan fingerprint density at radius 1 is 1.27 bits per heavy atom. The van der Waals surface area contributed by atoms with Crippen LogP contribution in [0.25, 0.3) is 0 Å². The first-order valence-electron chi connectivity index (χ1n) is 4.79. The molecule has 1 aliphatic carbocycles. The number of hydrogen-bond donors (Lipinski definition) is 0. The van der Waals surface area contributed by atoms with Gasteiger partial charge < -0.3 is 0 Å². The highest BCUT2D eigenvalue weighted by molar-refractivity contribution is 9.08. The van der Waals surface area contributed by atoms with Crippen molar-refractivity contribution in [2.24, 2.45) is 0 Å². The molecule has 0 radical (unpaired) electrons. The lowest BCUT2D eigenvalue weighted by Crippen LogP contribution is -2.23. The molecule has 0 bridgehead atoms. The number of rotatable bonds is 3. The Morgan fingerprint density at radius 3 is 2.27 bits per heavy atom. The van der Waals surface area contributed by atoms with E-state index < -0.39 is 10.0 Å². The number of aryl methyl sites for hydroxylation is 1. The molecule has 0 spiro atoms. The van der Waals surface area contributed by atoms with Crippen LogP contribution < -0.4 is 0 Å². The smallest absolute Gasteiger partial charge is 0.206 e. The van der Waals surface area contributed by atoms with Crippen molar-refractivity contribution in [1.29, 1.82) is 0 Å². The maximum absolute atomic E-state index is 12.0. The van der Waals surface area contributed by atoms with Crippen LogP contribution in [-0.2, 0) is 10.0 Å². The largest absolute Gasteiger partial charge is 0.252 e. The fourth-order valence-electron chi connectivity index (χ4n) is 1.28. The van der Waals surface area contributed by atoms with Gasteiger partial charge in [-0.2, -0.15) is 0 Å². The Kier molecular flexibility index (Phi) is 2.87. The predicted octanol–water partition coefficient (Wildman–Crippen LogP) is 2.46. The lowest BCUT2D eigenvalue weighted by Gasteiger charge is -2.13. The van der Waals surface area contributed by atoms with Gasteiger partial charge in [0, 0.05) is 22.2 Å². The number of halogens is 1. The van der Waals surface area contributed by atoms with Crippen molar-refractivity contribution in [3.8, 4) is 0 Å². The number of nitrogens with zero attached hydrogens (tertiary/aromatic N) is 1. The van der Waals surface area contributed by atoms with Gasteiger partial charge in [0.1, 0.15) is 0 Å². The van der Waals surface area contributed by atoms with Gasteiger partial charge >= 0.3 is 0 Å². The van der Waals surface area contributed by atoms with E-state index in [-0.39, 0.29) is 6.04 Å². The topological polar surface area (TPSA) is 37.4 Å². The summed E-state index contributed by atoms with van der Waals surface area (Å²) in [5.41, 5.74) is 1.06. The average molecular weight is 290 g/mol. The molecule has 1 aliphatic rings. The van der Waals surface area contributed by atoms with Gasteiger partial charge in [-0.15, -0.1) is 3.33 Å². The van der Waals surface area contributed by atoms with Gasteiger partial charge in [-0.3, -0.25) is 0 Å². The Bertz CT molecular complexity index is 451. The molecule has 0 aromatic heterocycles. The summed E-state index contributed by atoms with van der Waals surface area (Å²) in [5, 5.41) is 0. The van der Waals surface area contributed by atoms with E-state index in [9.17, 15) is 8.42 Å². The Hall–Kier alpha value is -0.390. The van der Waals surface area contributed by atoms with E-state index in [2.05, 4.69) is 16.1 Å². The summed E-state index contributed by atoms with van der Waals surface area (Å²) < 4.78 is 25.3. The maximum atomic E-state index is 12.0. The zero-order chi connectivity index (χ0) is 11.1. The number of hydrogen-bond acceptors (Lipinski definition) is 2. The summed E-state index contributed by atoms with van der Waals surface area (Å²) in [6.45, 7) is 1.93. The van der Waals surface area contributed by atoms with Crippen molar-refractivity contribution < 1.29 is 8.42 Å². The van der Waals surface area contributed by atoms with E-state index in [0.29, 0.717) is 4.90 Å². The molecule has 1 aromatic rings. The van der Waals surface area contributed by atoms with Crippen LogP contribution in [0.3, 0.4) is 0 Å². The minimum Gasteiger partial charge on any atom is -0.206 e. The van der Waals surface area contributed by atoms with Crippen LogP contribution in [0.5, 0.6) is 0 Å². The zero-order valence-electron chi connectivity index (χ0n) is 8.35. The zero-order valence-corrected chi connectivity index (χ0v) is 10.8. The predicted molar refractivity (Wildman–Crippen MR) is 62.2 cm³/mol. The van der Waals surface area contributed by atoms with Crippen molar-refractivity contribution in [2.45, 2.75) is 30.7 Å². The number of sulfonamides is 1. The molecule has 15 heavy (non-hydrogen) atoms. The van der Waals surface area contributed by atoms with Crippen LogP contribution in [0.2, 0.25) is 0 Å². The summed E-state index contributed by atoms with van der Waals surface area (Å²) in [6.07, 6.45) is 1.88. The van der Waals surface area contributed by atoms with Crippen LogP contribution in [0.1, 0.15) is 18.4 Å². The van der Waals surface area contributed by atoms with Crippen molar-refractivity contribution >= 4 is 26.2 Å². The summed E-state index contributed by atoms with van der Waals surface area (Å²) in [6, 6.07) is 7.03. The molecule has 0 N–H and O–H groups in total. The maximum Gasteiger partial charge on any atom is 0.252 e. The molecule has 1 saturated carbocycles. The second-order valence-electron chi connectivity index (χ2n) is 3.79. The molecule has 0 heterocycles. The fraction of sp³-hybridized carbons (Fsp3) is 0.400. The van der Waals surface area contributed by atoms with Gasteiger partial charge in [0.15, 0.2) is 0 Å². The van der Waals surface area contributed by atoms with E-state index in [1.807, 2.05) is 6.92 Å². The third kappa shape index (κ3) is 2.24. The molecule has 0 unspecified atom stereocenters. The van der Waals surface area contributed by atoms with Crippen molar-refractivity contribution in [3.63, 3.8) is 0 Å². The SMILES string of the molecule is Cc1ccc(S(=O)(=O)N(Br)C2CC2)cc1. The molecular formula is C10H12BrNO2S. The van der Waals surface area contributed by atoms with Gasteiger partial charge in [0.05, 0.1) is 4.90 Å². The minimum absolute atomic E-state index is 0.135. The molecule has 2 rings (SSSR count). The number of benzene rings is 1. The van der Waals surface area contributed by atoms with Gasteiger partial charge in [0.25, 0.3) is 10.0 Å². The summed E-state index contributed by atoms with van der Waals surface area (Å²) in [5.74, 6) is 0. The van der Waals surface area contributed by atoms with Crippen LogP contribution in [0.15, 0.2) is 29.2 Å². The molecule has 5 heteroatoms. The van der Waals surface area contributed by atoms with Gasteiger partial charge in [-0.05, 0) is 31.9 Å². The van der Waals surface area contributed by atoms with Gasteiger partial charge in [-0.1, -0.05) is 17.7 Å². The first-order valence-corrected chi connectivity index (χ1v) is 6.93. The van der Waals surface area contributed by atoms with Crippen LogP contribution in [0.4, 0.5) is 0 Å². The van der Waals surface area contributed by atoms with Crippen LogP contribution in [0, 0.1) is 6.92 Å². The quantitative estimate of drug-likeness (QED) is 0.802. The molecule has 82 valence electrons. The first-order chi connectivity index (χ1) is 7.01. The van der Waals surface area contributed by atoms with Gasteiger partial charge in [-0.25, -0.2) is 8.42 Å². The summed E-state index contributed by atoms with van der Waals surface area (Å²) in [4.78, 5) is 0.344.